The van der Waals surface area contributed by atoms with Gasteiger partial charge in [0, 0.05) is 23.8 Å². The number of hydrogen-bond acceptors (Lipinski definition) is 4. The molecule has 6 heteroatoms. The van der Waals surface area contributed by atoms with E-state index in [2.05, 4.69) is 16.0 Å². The second-order valence-corrected chi connectivity index (χ2v) is 5.98. The summed E-state index contributed by atoms with van der Waals surface area (Å²) in [5.41, 5.74) is 2.01. The van der Waals surface area contributed by atoms with E-state index in [1.54, 1.807) is 24.3 Å². The van der Waals surface area contributed by atoms with Crippen molar-refractivity contribution >= 4 is 17.5 Å². The summed E-state index contributed by atoms with van der Waals surface area (Å²) < 4.78 is 5.09. The Kier molecular flexibility index (Phi) is 4.96. The van der Waals surface area contributed by atoms with Crippen LogP contribution < -0.4 is 16.0 Å². The summed E-state index contributed by atoms with van der Waals surface area (Å²) in [7, 11) is 0. The smallest absolute Gasteiger partial charge is 0.291 e. The molecule has 0 spiro atoms. The number of benzene rings is 1. The third-order valence-electron chi connectivity index (χ3n) is 4.13. The largest absolute Gasteiger partial charge is 0.459 e. The first-order valence-corrected chi connectivity index (χ1v) is 8.10. The minimum absolute atomic E-state index is 0.128. The second-order valence-electron chi connectivity index (χ2n) is 5.98. The van der Waals surface area contributed by atoms with Gasteiger partial charge in [-0.05, 0) is 56.1 Å². The number of rotatable bonds is 4. The molecule has 6 nitrogen and oxygen atoms in total. The minimum Gasteiger partial charge on any atom is -0.459 e. The lowest BCUT2D eigenvalue weighted by atomic mass is 10.1. The zero-order valence-corrected chi connectivity index (χ0v) is 13.6. The SMILES string of the molecule is Cc1ccc(C(=O)N[C@H]2CCCNC2)cc1NC(=O)c1ccco1. The van der Waals surface area contributed by atoms with Crippen LogP contribution in [0, 0.1) is 6.92 Å². The molecular weight excluding hydrogens is 306 g/mol. The predicted octanol–water partition coefficient (Wildman–Crippen LogP) is 2.32. The maximum atomic E-state index is 12.4. The van der Waals surface area contributed by atoms with Crippen LogP contribution in [0.15, 0.2) is 41.0 Å². The van der Waals surface area contributed by atoms with Crippen LogP contribution in [0.25, 0.3) is 0 Å². The Morgan fingerprint density at radius 1 is 1.25 bits per heavy atom. The van der Waals surface area contributed by atoms with Crippen molar-refractivity contribution in [2.75, 3.05) is 18.4 Å². The third kappa shape index (κ3) is 3.83. The molecule has 2 amide bonds. The lowest BCUT2D eigenvalue weighted by Gasteiger charge is -2.24. The average molecular weight is 327 g/mol. The number of nitrogens with one attached hydrogen (secondary N) is 3. The van der Waals surface area contributed by atoms with E-state index < -0.39 is 0 Å². The van der Waals surface area contributed by atoms with Crippen molar-refractivity contribution in [2.24, 2.45) is 0 Å². The third-order valence-corrected chi connectivity index (χ3v) is 4.13. The summed E-state index contributed by atoms with van der Waals surface area (Å²) in [6.07, 6.45) is 3.49. The number of hydrogen-bond donors (Lipinski definition) is 3. The molecule has 1 aliphatic heterocycles. The van der Waals surface area contributed by atoms with Gasteiger partial charge in [-0.2, -0.15) is 0 Å². The number of amides is 2. The van der Waals surface area contributed by atoms with Crippen LogP contribution in [0.5, 0.6) is 0 Å². The van der Waals surface area contributed by atoms with Crippen LogP contribution in [-0.2, 0) is 0 Å². The van der Waals surface area contributed by atoms with Gasteiger partial charge in [0.1, 0.15) is 0 Å². The minimum atomic E-state index is -0.336. The molecule has 0 saturated carbocycles. The van der Waals surface area contributed by atoms with Gasteiger partial charge in [0.2, 0.25) is 0 Å². The van der Waals surface area contributed by atoms with E-state index in [9.17, 15) is 9.59 Å². The van der Waals surface area contributed by atoms with Crippen molar-refractivity contribution in [3.05, 3.63) is 53.5 Å². The van der Waals surface area contributed by atoms with Crippen molar-refractivity contribution in [3.63, 3.8) is 0 Å². The van der Waals surface area contributed by atoms with Gasteiger partial charge >= 0.3 is 0 Å². The van der Waals surface area contributed by atoms with Gasteiger partial charge in [-0.3, -0.25) is 9.59 Å². The zero-order chi connectivity index (χ0) is 16.9. The monoisotopic (exact) mass is 327 g/mol. The van der Waals surface area contributed by atoms with Crippen LogP contribution >= 0.6 is 0 Å². The van der Waals surface area contributed by atoms with Crippen molar-refractivity contribution in [1.29, 1.82) is 0 Å². The second kappa shape index (κ2) is 7.31. The van der Waals surface area contributed by atoms with E-state index in [0.29, 0.717) is 11.3 Å². The summed E-state index contributed by atoms with van der Waals surface area (Å²) >= 11 is 0. The fraction of sp³-hybridized carbons (Fsp3) is 0.333. The molecule has 1 fully saturated rings. The summed E-state index contributed by atoms with van der Waals surface area (Å²) in [6, 6.07) is 8.69. The van der Waals surface area contributed by atoms with E-state index in [4.69, 9.17) is 4.42 Å². The van der Waals surface area contributed by atoms with E-state index in [-0.39, 0.29) is 23.6 Å². The Balaban J connectivity index is 1.70. The van der Waals surface area contributed by atoms with Crippen molar-refractivity contribution in [1.82, 2.24) is 10.6 Å². The topological polar surface area (TPSA) is 83.4 Å². The first-order chi connectivity index (χ1) is 11.6. The molecule has 0 radical (unpaired) electrons. The van der Waals surface area contributed by atoms with Gasteiger partial charge in [0.15, 0.2) is 5.76 Å². The molecule has 3 N–H and O–H groups in total. The van der Waals surface area contributed by atoms with E-state index in [1.807, 2.05) is 13.0 Å². The molecule has 1 atom stereocenters. The summed E-state index contributed by atoms with van der Waals surface area (Å²) in [4.78, 5) is 24.5. The van der Waals surface area contributed by atoms with Crippen molar-refractivity contribution in [2.45, 2.75) is 25.8 Å². The first kappa shape index (κ1) is 16.3. The quantitative estimate of drug-likeness (QED) is 0.805. The van der Waals surface area contributed by atoms with Crippen LogP contribution in [0.2, 0.25) is 0 Å². The van der Waals surface area contributed by atoms with Crippen molar-refractivity contribution < 1.29 is 14.0 Å². The fourth-order valence-electron chi connectivity index (χ4n) is 2.73. The number of carbonyl (C=O) groups excluding carboxylic acids is 2. The number of carbonyl (C=O) groups is 2. The molecule has 1 saturated heterocycles. The van der Waals surface area contributed by atoms with E-state index in [0.717, 1.165) is 31.5 Å². The van der Waals surface area contributed by atoms with Crippen LogP contribution in [0.4, 0.5) is 5.69 Å². The van der Waals surface area contributed by atoms with Crippen molar-refractivity contribution in [3.8, 4) is 0 Å². The molecule has 126 valence electrons. The maximum absolute atomic E-state index is 12.4. The molecule has 1 aromatic carbocycles. The highest BCUT2D eigenvalue weighted by Gasteiger charge is 2.17. The van der Waals surface area contributed by atoms with Crippen LogP contribution in [0.1, 0.15) is 39.3 Å². The lowest BCUT2D eigenvalue weighted by molar-refractivity contribution is 0.0929. The molecule has 24 heavy (non-hydrogen) atoms. The Morgan fingerprint density at radius 2 is 2.12 bits per heavy atom. The Morgan fingerprint density at radius 3 is 2.83 bits per heavy atom. The summed E-state index contributed by atoms with van der Waals surface area (Å²) in [5.74, 6) is -0.230. The predicted molar refractivity (Wildman–Crippen MR) is 91.2 cm³/mol. The standard InChI is InChI=1S/C18H21N3O3/c1-12-6-7-13(17(22)20-14-4-2-8-19-11-14)10-15(12)21-18(23)16-5-3-9-24-16/h3,5-7,9-10,14,19H,2,4,8,11H2,1H3,(H,20,22)(H,21,23)/t14-/m0/s1. The van der Waals surface area contributed by atoms with Gasteiger partial charge in [-0.1, -0.05) is 6.07 Å². The molecule has 1 aromatic heterocycles. The molecule has 1 aliphatic rings. The summed E-state index contributed by atoms with van der Waals surface area (Å²) in [6.45, 7) is 3.67. The Labute approximate surface area is 140 Å². The van der Waals surface area contributed by atoms with Crippen LogP contribution in [0.3, 0.4) is 0 Å². The lowest BCUT2D eigenvalue weighted by Crippen LogP contribution is -2.45. The van der Waals surface area contributed by atoms with E-state index >= 15 is 0 Å². The molecule has 2 heterocycles. The number of piperidine rings is 1. The molecule has 0 aliphatic carbocycles. The van der Waals surface area contributed by atoms with Gasteiger partial charge in [0.25, 0.3) is 11.8 Å². The molecular formula is C18H21N3O3. The Hall–Kier alpha value is -2.60. The highest BCUT2D eigenvalue weighted by molar-refractivity contribution is 6.03. The normalized spacial score (nSPS) is 17.3. The van der Waals surface area contributed by atoms with E-state index in [1.165, 1.54) is 6.26 Å². The number of aryl methyl sites for hydroxylation is 1. The molecule has 3 rings (SSSR count). The fourth-order valence-corrected chi connectivity index (χ4v) is 2.73. The average Bonchev–Trinajstić information content (AvgIpc) is 3.12. The maximum Gasteiger partial charge on any atom is 0.291 e. The first-order valence-electron chi connectivity index (χ1n) is 8.10. The molecule has 2 aromatic rings. The summed E-state index contributed by atoms with van der Waals surface area (Å²) in [5, 5.41) is 9.09. The number of furan rings is 1. The highest BCUT2D eigenvalue weighted by Crippen LogP contribution is 2.18. The van der Waals surface area contributed by atoms with Crippen LogP contribution in [-0.4, -0.2) is 30.9 Å². The van der Waals surface area contributed by atoms with Gasteiger partial charge in [0.05, 0.1) is 6.26 Å². The zero-order valence-electron chi connectivity index (χ0n) is 13.6. The Bertz CT molecular complexity index is 719. The molecule has 0 bridgehead atoms. The van der Waals surface area contributed by atoms with Gasteiger partial charge < -0.3 is 20.4 Å². The highest BCUT2D eigenvalue weighted by atomic mass is 16.3. The number of anilines is 1. The molecule has 0 unspecified atom stereocenters. The van der Waals surface area contributed by atoms with Gasteiger partial charge in [-0.25, -0.2) is 0 Å². The van der Waals surface area contributed by atoms with Gasteiger partial charge in [-0.15, -0.1) is 0 Å².